The Kier molecular flexibility index (Phi) is 6.35. The Labute approximate surface area is 352 Å². The Morgan fingerprint density at radius 1 is 0.475 bits per heavy atom. The van der Waals surface area contributed by atoms with Crippen LogP contribution in [0.3, 0.4) is 0 Å². The van der Waals surface area contributed by atoms with Crippen molar-refractivity contribution in [3.8, 4) is 23.3 Å². The minimum absolute atomic E-state index is 0.118. The predicted molar refractivity (Wildman–Crippen MR) is 248 cm³/mol. The van der Waals surface area contributed by atoms with Crippen molar-refractivity contribution in [2.45, 2.75) is 30.1 Å². The van der Waals surface area contributed by atoms with Crippen LogP contribution in [-0.2, 0) is 18.3 Å². The molecule has 0 heterocycles. The zero-order chi connectivity index (χ0) is 40.1. The summed E-state index contributed by atoms with van der Waals surface area (Å²) in [4.78, 5) is 0. The van der Waals surface area contributed by atoms with Gasteiger partial charge < -0.3 is 0 Å². The summed E-state index contributed by atoms with van der Waals surface area (Å²) in [7, 11) is 0. The third-order valence-corrected chi connectivity index (χ3v) is 15.1. The Hall–Kier alpha value is -7.78. The molecule has 0 aromatic heterocycles. The SMILES string of the molecule is N#Cc1cc2c(cc1C1=CCc3c4c(c5ccccc5c3=C1)=CC=CC4)C1c3cc(-c4ccc5c6ccccc6c6ccccc6c5c4)c(C#N)cc3C13c1ccccc1C23. The Morgan fingerprint density at radius 2 is 1.07 bits per heavy atom. The monoisotopic (exact) mass is 770 g/mol. The summed E-state index contributed by atoms with van der Waals surface area (Å²) in [5.74, 6) is 0.257. The quantitative estimate of drug-likeness (QED) is 0.164. The molecule has 14 rings (SSSR count). The number of nitrogens with zero attached hydrogens (tertiary/aromatic N) is 2. The van der Waals surface area contributed by atoms with Crippen LogP contribution in [0.4, 0.5) is 0 Å². The van der Waals surface area contributed by atoms with Gasteiger partial charge in [-0.2, -0.15) is 10.5 Å². The van der Waals surface area contributed by atoms with Crippen LogP contribution in [0.2, 0.25) is 0 Å². The van der Waals surface area contributed by atoms with E-state index < -0.39 is 0 Å². The number of rotatable bonds is 2. The van der Waals surface area contributed by atoms with Crippen molar-refractivity contribution < 1.29 is 0 Å². The molecule has 1 spiro atoms. The maximum absolute atomic E-state index is 10.9. The summed E-state index contributed by atoms with van der Waals surface area (Å²) in [6.45, 7) is 0. The second-order valence-electron chi connectivity index (χ2n) is 17.5. The van der Waals surface area contributed by atoms with Crippen molar-refractivity contribution in [1.29, 1.82) is 10.5 Å². The number of fused-ring (bicyclic) bond motifs is 19. The van der Waals surface area contributed by atoms with Crippen LogP contribution in [0.25, 0.3) is 71.9 Å². The third kappa shape index (κ3) is 4.01. The van der Waals surface area contributed by atoms with Crippen molar-refractivity contribution in [1.82, 2.24) is 0 Å². The molecule has 0 bridgehead atoms. The van der Waals surface area contributed by atoms with Crippen LogP contribution in [0, 0.1) is 22.7 Å². The Bertz CT molecular complexity index is 3830. The van der Waals surface area contributed by atoms with Gasteiger partial charge >= 0.3 is 0 Å². The molecule has 0 amide bonds. The molecule has 280 valence electrons. The molecule has 0 fully saturated rings. The topological polar surface area (TPSA) is 47.6 Å². The van der Waals surface area contributed by atoms with Crippen molar-refractivity contribution in [2.24, 2.45) is 0 Å². The molecule has 0 N–H and O–H groups in total. The molecular formula is C59H34N2. The van der Waals surface area contributed by atoms with E-state index >= 15 is 0 Å². The second kappa shape index (κ2) is 11.7. The number of hydrogen-bond donors (Lipinski definition) is 0. The standard InChI is InChI=1S/C59H34N2/c60-31-35-27-52-53(29-48(35)33-21-23-45-41-15-3-1-11-37(41)39-13-5-7-17-43(39)50(45)25-33)58-54-30-49(36(32-61)28-56(54)59(58)55-20-10-9-19-47(55)57(52)59)34-22-24-46-42-16-4-2-12-38(42)40-14-6-8-18-44(40)51(46)26-34/h1-14,16-22,24-30,57-58H,15,23H2. The average molecular weight is 771 g/mol. The largest absolute Gasteiger partial charge is 0.192 e. The summed E-state index contributed by atoms with van der Waals surface area (Å²) >= 11 is 0. The van der Waals surface area contributed by atoms with E-state index in [1.54, 1.807) is 0 Å². The molecule has 2 nitrogen and oxygen atoms in total. The number of nitriles is 2. The minimum atomic E-state index is -0.251. The molecule has 0 radical (unpaired) electrons. The highest BCUT2D eigenvalue weighted by Crippen LogP contribution is 2.77. The van der Waals surface area contributed by atoms with Crippen LogP contribution < -0.4 is 10.4 Å². The van der Waals surface area contributed by atoms with Crippen molar-refractivity contribution >= 4 is 60.8 Å². The summed E-state index contributed by atoms with van der Waals surface area (Å²) in [5.41, 5.74) is 16.0. The van der Waals surface area contributed by atoms with Gasteiger partial charge in [0, 0.05) is 17.3 Å². The summed E-state index contributed by atoms with van der Waals surface area (Å²) in [5, 5.41) is 34.3. The normalized spacial score (nSPS) is 19.3. The first-order valence-corrected chi connectivity index (χ1v) is 21.4. The van der Waals surface area contributed by atoms with E-state index in [1.165, 1.54) is 98.0 Å². The maximum atomic E-state index is 10.9. The first-order chi connectivity index (χ1) is 30.2. The molecule has 9 aromatic carbocycles. The summed E-state index contributed by atoms with van der Waals surface area (Å²) in [6, 6.07) is 56.2. The molecule has 5 aliphatic rings. The number of benzene rings is 9. The molecular weight excluding hydrogens is 737 g/mol. The van der Waals surface area contributed by atoms with Crippen molar-refractivity contribution in [2.75, 3.05) is 0 Å². The Morgan fingerprint density at radius 3 is 1.82 bits per heavy atom. The molecule has 0 saturated heterocycles. The molecule has 2 heteroatoms. The fourth-order valence-corrected chi connectivity index (χ4v) is 12.7. The van der Waals surface area contributed by atoms with E-state index in [1.807, 2.05) is 0 Å². The molecule has 3 unspecified atom stereocenters. The molecule has 0 aliphatic heterocycles. The lowest BCUT2D eigenvalue weighted by Gasteiger charge is -2.58. The molecule has 5 aliphatic carbocycles. The van der Waals surface area contributed by atoms with Crippen LogP contribution >= 0.6 is 0 Å². The summed E-state index contributed by atoms with van der Waals surface area (Å²) < 4.78 is 0. The first-order valence-electron chi connectivity index (χ1n) is 21.4. The van der Waals surface area contributed by atoms with Crippen LogP contribution in [0.1, 0.15) is 73.0 Å². The Balaban J connectivity index is 0.975. The lowest BCUT2D eigenvalue weighted by atomic mass is 9.42. The maximum Gasteiger partial charge on any atom is 0.0998 e. The molecule has 0 saturated carbocycles. The zero-order valence-electron chi connectivity index (χ0n) is 33.1. The lowest BCUT2D eigenvalue weighted by Crippen LogP contribution is -2.52. The fourth-order valence-electron chi connectivity index (χ4n) is 12.7. The van der Waals surface area contributed by atoms with Crippen LogP contribution in [-0.4, -0.2) is 0 Å². The van der Waals surface area contributed by atoms with Gasteiger partial charge in [-0.1, -0.05) is 133 Å². The highest BCUT2D eigenvalue weighted by atomic mass is 14.7. The highest BCUT2D eigenvalue weighted by molar-refractivity contribution is 6.25. The lowest BCUT2D eigenvalue weighted by molar-refractivity contribution is 0.333. The average Bonchev–Trinajstić information content (AvgIpc) is 3.53. The van der Waals surface area contributed by atoms with Gasteiger partial charge in [-0.05, 0) is 170 Å². The van der Waals surface area contributed by atoms with Gasteiger partial charge in [0.15, 0.2) is 0 Å². The van der Waals surface area contributed by atoms with Crippen LogP contribution in [0.5, 0.6) is 0 Å². The van der Waals surface area contributed by atoms with Gasteiger partial charge in [0.1, 0.15) is 0 Å². The van der Waals surface area contributed by atoms with E-state index in [0.29, 0.717) is 5.56 Å². The van der Waals surface area contributed by atoms with Gasteiger partial charge in [-0.25, -0.2) is 0 Å². The molecule has 61 heavy (non-hydrogen) atoms. The first kappa shape index (κ1) is 33.1. The highest BCUT2D eigenvalue weighted by Gasteiger charge is 2.69. The second-order valence-corrected chi connectivity index (χ2v) is 17.5. The van der Waals surface area contributed by atoms with E-state index in [0.717, 1.165) is 40.7 Å². The van der Waals surface area contributed by atoms with Crippen molar-refractivity contribution in [3.63, 3.8) is 0 Å². The zero-order valence-corrected chi connectivity index (χ0v) is 33.1. The minimum Gasteiger partial charge on any atom is -0.192 e. The number of hydrogen-bond acceptors (Lipinski definition) is 2. The van der Waals surface area contributed by atoms with Crippen LogP contribution in [0.15, 0.2) is 158 Å². The van der Waals surface area contributed by atoms with E-state index in [2.05, 4.69) is 182 Å². The van der Waals surface area contributed by atoms with E-state index in [9.17, 15) is 10.5 Å². The van der Waals surface area contributed by atoms with E-state index in [-0.39, 0.29) is 17.3 Å². The van der Waals surface area contributed by atoms with Gasteiger partial charge in [-0.15, -0.1) is 0 Å². The van der Waals surface area contributed by atoms with Crippen molar-refractivity contribution in [3.05, 3.63) is 229 Å². The number of allylic oxidation sites excluding steroid dienone is 4. The van der Waals surface area contributed by atoms with Gasteiger partial charge in [0.25, 0.3) is 0 Å². The van der Waals surface area contributed by atoms with Gasteiger partial charge in [0.2, 0.25) is 0 Å². The molecule has 9 aromatic rings. The fraction of sp³-hybridized carbons (Fsp3) is 0.0847. The smallest absolute Gasteiger partial charge is 0.0998 e. The predicted octanol–water partition coefficient (Wildman–Crippen LogP) is 11.9. The van der Waals surface area contributed by atoms with Gasteiger partial charge in [-0.3, -0.25) is 0 Å². The van der Waals surface area contributed by atoms with Gasteiger partial charge in [0.05, 0.1) is 23.3 Å². The third-order valence-electron chi connectivity index (χ3n) is 15.1. The molecule has 3 atom stereocenters. The summed E-state index contributed by atoms with van der Waals surface area (Å²) in [6.07, 6.45) is 13.2. The van der Waals surface area contributed by atoms with E-state index in [4.69, 9.17) is 0 Å².